The highest BCUT2D eigenvalue weighted by Crippen LogP contribution is 2.30. The van der Waals surface area contributed by atoms with Gasteiger partial charge in [0, 0.05) is 23.8 Å². The molecule has 0 radical (unpaired) electrons. The van der Waals surface area contributed by atoms with E-state index >= 15 is 0 Å². The zero-order valence-corrected chi connectivity index (χ0v) is 17.0. The fourth-order valence-corrected chi connectivity index (χ4v) is 5.06. The van der Waals surface area contributed by atoms with Crippen molar-refractivity contribution in [2.75, 3.05) is 4.72 Å². The summed E-state index contributed by atoms with van der Waals surface area (Å²) in [6.07, 6.45) is 1.90. The Morgan fingerprint density at radius 1 is 1.07 bits per heavy atom. The lowest BCUT2D eigenvalue weighted by Gasteiger charge is -2.23. The molecule has 1 heterocycles. The van der Waals surface area contributed by atoms with Crippen LogP contribution < -0.4 is 4.72 Å². The maximum Gasteiger partial charge on any atom is 0.271 e. The molecule has 0 spiro atoms. The number of anilines is 1. The zero-order valence-electron chi connectivity index (χ0n) is 15.4. The number of rotatable bonds is 7. The average Bonchev–Trinajstić information content (AvgIpc) is 3.38. The predicted molar refractivity (Wildman–Crippen MR) is 111 cm³/mol. The Morgan fingerprint density at radius 2 is 1.76 bits per heavy atom. The number of amides is 1. The highest BCUT2D eigenvalue weighted by atomic mass is 32.2. The quantitative estimate of drug-likeness (QED) is 0.600. The van der Waals surface area contributed by atoms with Gasteiger partial charge in [-0.1, -0.05) is 18.2 Å². The molecular weight excluding hydrogens is 411 g/mol. The zero-order chi connectivity index (χ0) is 20.4. The van der Waals surface area contributed by atoms with Crippen LogP contribution in [0.4, 0.5) is 10.1 Å². The number of nitrogens with zero attached hydrogens (tertiary/aromatic N) is 1. The van der Waals surface area contributed by atoms with E-state index in [1.54, 1.807) is 52.7 Å². The molecular formula is C21H19FN2O3S2. The van der Waals surface area contributed by atoms with Gasteiger partial charge in [-0.3, -0.25) is 9.52 Å². The molecule has 1 saturated carbocycles. The van der Waals surface area contributed by atoms with Crippen molar-refractivity contribution in [3.05, 3.63) is 83.0 Å². The third-order valence-electron chi connectivity index (χ3n) is 4.66. The first kappa shape index (κ1) is 19.6. The van der Waals surface area contributed by atoms with Gasteiger partial charge >= 0.3 is 0 Å². The van der Waals surface area contributed by atoms with E-state index in [1.807, 2.05) is 0 Å². The van der Waals surface area contributed by atoms with Crippen LogP contribution in [0, 0.1) is 5.82 Å². The van der Waals surface area contributed by atoms with Crippen LogP contribution in [0.25, 0.3) is 0 Å². The minimum Gasteiger partial charge on any atom is -0.331 e. The molecule has 1 fully saturated rings. The van der Waals surface area contributed by atoms with Crippen LogP contribution >= 0.6 is 11.3 Å². The second kappa shape index (κ2) is 7.96. The normalized spacial score (nSPS) is 13.8. The van der Waals surface area contributed by atoms with Crippen molar-refractivity contribution in [1.29, 1.82) is 0 Å². The van der Waals surface area contributed by atoms with E-state index < -0.39 is 10.0 Å². The Labute approximate surface area is 172 Å². The Balaban J connectivity index is 1.48. The molecule has 29 heavy (non-hydrogen) atoms. The molecule has 0 aliphatic heterocycles. The van der Waals surface area contributed by atoms with E-state index in [9.17, 15) is 17.6 Å². The summed E-state index contributed by atoms with van der Waals surface area (Å²) in [6.45, 7) is 0.413. The summed E-state index contributed by atoms with van der Waals surface area (Å²) in [6, 6.07) is 15.9. The molecule has 2 aromatic carbocycles. The fraction of sp³-hybridized carbons (Fsp3) is 0.190. The summed E-state index contributed by atoms with van der Waals surface area (Å²) in [5.74, 6) is -0.428. The average molecular weight is 431 g/mol. The summed E-state index contributed by atoms with van der Waals surface area (Å²) in [4.78, 5) is 14.8. The molecule has 1 aliphatic rings. The summed E-state index contributed by atoms with van der Waals surface area (Å²) < 4.78 is 40.5. The molecule has 1 aromatic heterocycles. The fourth-order valence-electron chi connectivity index (χ4n) is 3.01. The molecule has 3 aromatic rings. The molecule has 4 rings (SSSR count). The van der Waals surface area contributed by atoms with Gasteiger partial charge in [-0.05, 0) is 66.2 Å². The van der Waals surface area contributed by atoms with Gasteiger partial charge in [0.05, 0.1) is 0 Å². The number of benzene rings is 2. The van der Waals surface area contributed by atoms with Crippen LogP contribution in [0.2, 0.25) is 0 Å². The number of carbonyl (C=O) groups is 1. The van der Waals surface area contributed by atoms with Crippen LogP contribution in [0.1, 0.15) is 28.8 Å². The molecule has 1 N–H and O–H groups in total. The largest absolute Gasteiger partial charge is 0.331 e. The number of hydrogen-bond donors (Lipinski definition) is 1. The molecule has 1 amide bonds. The third-order valence-corrected chi connectivity index (χ3v) is 7.44. The minimum absolute atomic E-state index is 0.121. The number of sulfonamides is 1. The number of nitrogens with one attached hydrogen (secondary N) is 1. The standard InChI is InChI=1S/C21H19FN2O3S2/c22-17-7-3-15(4-8-17)14-24(19-11-12-19)21(25)16-5-9-18(10-6-16)23-29(26,27)20-2-1-13-28-20/h1-10,13,19,23H,11-12,14H2. The van der Waals surface area contributed by atoms with Crippen molar-refractivity contribution in [3.63, 3.8) is 0 Å². The molecule has 0 bridgehead atoms. The number of thiophene rings is 1. The Bertz CT molecular complexity index is 1090. The van der Waals surface area contributed by atoms with Gasteiger partial charge in [-0.2, -0.15) is 0 Å². The van der Waals surface area contributed by atoms with Crippen LogP contribution in [-0.2, 0) is 16.6 Å². The van der Waals surface area contributed by atoms with E-state index in [0.29, 0.717) is 17.8 Å². The summed E-state index contributed by atoms with van der Waals surface area (Å²) in [5.41, 5.74) is 1.75. The van der Waals surface area contributed by atoms with Crippen LogP contribution in [0.3, 0.4) is 0 Å². The smallest absolute Gasteiger partial charge is 0.271 e. The molecule has 0 saturated heterocycles. The first-order chi connectivity index (χ1) is 13.9. The van der Waals surface area contributed by atoms with E-state index in [1.165, 1.54) is 18.2 Å². The lowest BCUT2D eigenvalue weighted by atomic mass is 10.1. The molecule has 0 atom stereocenters. The molecule has 0 unspecified atom stereocenters. The second-order valence-electron chi connectivity index (χ2n) is 6.91. The summed E-state index contributed by atoms with van der Waals surface area (Å²) in [5, 5.41) is 1.70. The number of halogens is 1. The Morgan fingerprint density at radius 3 is 2.34 bits per heavy atom. The van der Waals surface area contributed by atoms with Gasteiger partial charge in [0.1, 0.15) is 10.0 Å². The second-order valence-corrected chi connectivity index (χ2v) is 9.76. The predicted octanol–water partition coefficient (Wildman–Crippen LogP) is 4.49. The van der Waals surface area contributed by atoms with Gasteiger partial charge in [0.15, 0.2) is 0 Å². The topological polar surface area (TPSA) is 66.5 Å². The van der Waals surface area contributed by atoms with Crippen molar-refractivity contribution in [3.8, 4) is 0 Å². The van der Waals surface area contributed by atoms with E-state index in [0.717, 1.165) is 29.7 Å². The number of carbonyl (C=O) groups excluding carboxylic acids is 1. The van der Waals surface area contributed by atoms with Crippen LogP contribution in [-0.4, -0.2) is 25.3 Å². The first-order valence-electron chi connectivity index (χ1n) is 9.14. The molecule has 150 valence electrons. The molecule has 8 heteroatoms. The van der Waals surface area contributed by atoms with E-state index in [-0.39, 0.29) is 22.0 Å². The number of hydrogen-bond acceptors (Lipinski definition) is 4. The van der Waals surface area contributed by atoms with Crippen molar-refractivity contribution >= 4 is 33.0 Å². The first-order valence-corrected chi connectivity index (χ1v) is 11.5. The van der Waals surface area contributed by atoms with E-state index in [4.69, 9.17) is 0 Å². The van der Waals surface area contributed by atoms with Crippen molar-refractivity contribution < 1.29 is 17.6 Å². The highest BCUT2D eigenvalue weighted by Gasteiger charge is 2.33. The Hall–Kier alpha value is -2.71. The molecule has 5 nitrogen and oxygen atoms in total. The highest BCUT2D eigenvalue weighted by molar-refractivity contribution is 7.94. The maximum atomic E-state index is 13.1. The van der Waals surface area contributed by atoms with Crippen molar-refractivity contribution in [1.82, 2.24) is 4.90 Å². The van der Waals surface area contributed by atoms with Gasteiger partial charge in [0.2, 0.25) is 0 Å². The van der Waals surface area contributed by atoms with E-state index in [2.05, 4.69) is 4.72 Å². The lowest BCUT2D eigenvalue weighted by Crippen LogP contribution is -2.32. The van der Waals surface area contributed by atoms with Crippen LogP contribution in [0.5, 0.6) is 0 Å². The third kappa shape index (κ3) is 4.65. The summed E-state index contributed by atoms with van der Waals surface area (Å²) in [7, 11) is -3.62. The monoisotopic (exact) mass is 430 g/mol. The lowest BCUT2D eigenvalue weighted by molar-refractivity contribution is 0.0730. The molecule has 1 aliphatic carbocycles. The maximum absolute atomic E-state index is 13.1. The Kier molecular flexibility index (Phi) is 5.38. The van der Waals surface area contributed by atoms with Gasteiger partial charge < -0.3 is 4.90 Å². The van der Waals surface area contributed by atoms with Crippen molar-refractivity contribution in [2.45, 2.75) is 29.6 Å². The van der Waals surface area contributed by atoms with Crippen molar-refractivity contribution in [2.24, 2.45) is 0 Å². The van der Waals surface area contributed by atoms with Crippen LogP contribution in [0.15, 0.2) is 70.3 Å². The van der Waals surface area contributed by atoms with Gasteiger partial charge in [0.25, 0.3) is 15.9 Å². The summed E-state index contributed by atoms with van der Waals surface area (Å²) >= 11 is 1.14. The SMILES string of the molecule is O=C(c1ccc(NS(=O)(=O)c2cccs2)cc1)N(Cc1ccc(F)cc1)C1CC1. The van der Waals surface area contributed by atoms with Gasteiger partial charge in [-0.25, -0.2) is 12.8 Å². The minimum atomic E-state index is -3.62. The van der Waals surface area contributed by atoms with Gasteiger partial charge in [-0.15, -0.1) is 11.3 Å².